The van der Waals surface area contributed by atoms with Crippen molar-refractivity contribution in [1.29, 1.82) is 0 Å². The maximum absolute atomic E-state index is 2.48. The zero-order valence-corrected chi connectivity index (χ0v) is 33.0. The van der Waals surface area contributed by atoms with Crippen LogP contribution in [-0.2, 0) is 0 Å². The van der Waals surface area contributed by atoms with Gasteiger partial charge in [-0.05, 0) is 104 Å². The molecule has 0 amide bonds. The van der Waals surface area contributed by atoms with Crippen LogP contribution in [0.2, 0.25) is 0 Å². The normalized spacial score (nSPS) is 11.3. The Morgan fingerprint density at radius 3 is 1.55 bits per heavy atom. The molecule has 0 aliphatic carbocycles. The van der Waals surface area contributed by atoms with Gasteiger partial charge in [-0.3, -0.25) is 0 Å². The van der Waals surface area contributed by atoms with Gasteiger partial charge in [0.1, 0.15) is 0 Å². The maximum atomic E-state index is 2.48. The lowest BCUT2D eigenvalue weighted by molar-refractivity contribution is 1.18. The molecule has 0 unspecified atom stereocenters. The van der Waals surface area contributed by atoms with Crippen molar-refractivity contribution < 1.29 is 0 Å². The molecule has 2 heteroatoms. The van der Waals surface area contributed by atoms with E-state index in [1.165, 1.54) is 60.4 Å². The Hall–Kier alpha value is -7.94. The lowest BCUT2D eigenvalue weighted by Crippen LogP contribution is -2.12. The molecule has 0 saturated carbocycles. The number of para-hydroxylation sites is 2. The summed E-state index contributed by atoms with van der Waals surface area (Å²) in [7, 11) is 0. The Balaban J connectivity index is 1.17. The fourth-order valence-corrected chi connectivity index (χ4v) is 9.07. The summed E-state index contributed by atoms with van der Waals surface area (Å²) in [5.41, 5.74) is 16.3. The Labute approximate surface area is 350 Å². The number of nitrogens with zero attached hydrogens (tertiary/aromatic N) is 2. The second kappa shape index (κ2) is 15.1. The van der Waals surface area contributed by atoms with Crippen LogP contribution in [-0.4, -0.2) is 4.57 Å². The van der Waals surface area contributed by atoms with Gasteiger partial charge in [0.2, 0.25) is 0 Å². The second-order valence-corrected chi connectivity index (χ2v) is 15.3. The Kier molecular flexibility index (Phi) is 8.87. The fraction of sp³-hybridized carbons (Fsp3) is 0. The topological polar surface area (TPSA) is 8.17 Å². The molecule has 0 spiro atoms. The molecule has 282 valence electrons. The molecule has 0 saturated heterocycles. The highest BCUT2D eigenvalue weighted by Crippen LogP contribution is 2.48. The molecule has 2 nitrogen and oxygen atoms in total. The molecule has 11 rings (SSSR count). The van der Waals surface area contributed by atoms with Crippen molar-refractivity contribution in [2.24, 2.45) is 0 Å². The van der Waals surface area contributed by atoms with E-state index in [2.05, 4.69) is 252 Å². The number of hydrogen-bond acceptors (Lipinski definition) is 1. The van der Waals surface area contributed by atoms with Crippen LogP contribution in [0.4, 0.5) is 17.1 Å². The number of fused-ring (bicyclic) bond motifs is 4. The van der Waals surface area contributed by atoms with Gasteiger partial charge in [-0.15, -0.1) is 0 Å². The molecule has 11 aromatic rings. The average Bonchev–Trinajstić information content (AvgIpc) is 3.68. The number of hydrogen-bond donors (Lipinski definition) is 0. The highest BCUT2D eigenvalue weighted by atomic mass is 15.2. The molecule has 60 heavy (non-hydrogen) atoms. The minimum Gasteiger partial charge on any atom is -0.309 e. The summed E-state index contributed by atoms with van der Waals surface area (Å²) in [6.07, 6.45) is 0. The molecular weight excluding hydrogens is 725 g/mol. The van der Waals surface area contributed by atoms with Gasteiger partial charge in [0.25, 0.3) is 0 Å². The predicted octanol–water partition coefficient (Wildman–Crippen LogP) is 16.1. The van der Waals surface area contributed by atoms with Crippen molar-refractivity contribution in [3.05, 3.63) is 243 Å². The third-order valence-electron chi connectivity index (χ3n) is 11.8. The van der Waals surface area contributed by atoms with E-state index in [4.69, 9.17) is 0 Å². The van der Waals surface area contributed by atoms with Gasteiger partial charge in [-0.1, -0.05) is 188 Å². The molecule has 0 N–H and O–H groups in total. The number of anilines is 3. The first-order valence-corrected chi connectivity index (χ1v) is 20.6. The maximum Gasteiger partial charge on any atom is 0.0562 e. The summed E-state index contributed by atoms with van der Waals surface area (Å²) < 4.78 is 2.40. The third kappa shape index (κ3) is 6.14. The van der Waals surface area contributed by atoms with Crippen LogP contribution < -0.4 is 4.90 Å². The first-order valence-electron chi connectivity index (χ1n) is 20.6. The molecule has 0 fully saturated rings. The van der Waals surface area contributed by atoms with Gasteiger partial charge in [0.05, 0.1) is 22.4 Å². The van der Waals surface area contributed by atoms with Gasteiger partial charge >= 0.3 is 0 Å². The van der Waals surface area contributed by atoms with Gasteiger partial charge < -0.3 is 9.47 Å². The van der Waals surface area contributed by atoms with E-state index in [9.17, 15) is 0 Å². The highest BCUT2D eigenvalue weighted by molar-refractivity contribution is 6.17. The molecule has 0 aliphatic heterocycles. The quantitative estimate of drug-likeness (QED) is 0.150. The molecule has 10 aromatic carbocycles. The average molecular weight is 765 g/mol. The highest BCUT2D eigenvalue weighted by Gasteiger charge is 2.24. The van der Waals surface area contributed by atoms with Crippen molar-refractivity contribution in [3.8, 4) is 50.2 Å². The zero-order valence-electron chi connectivity index (χ0n) is 33.0. The van der Waals surface area contributed by atoms with Crippen molar-refractivity contribution in [2.45, 2.75) is 0 Å². The van der Waals surface area contributed by atoms with Gasteiger partial charge in [0.15, 0.2) is 0 Å². The largest absolute Gasteiger partial charge is 0.309 e. The molecule has 0 atom stereocenters. The number of benzene rings is 10. The first-order chi connectivity index (χ1) is 29.8. The number of aromatic nitrogens is 1. The Morgan fingerprint density at radius 1 is 0.300 bits per heavy atom. The smallest absolute Gasteiger partial charge is 0.0562 e. The molecule has 0 radical (unpaired) electrons. The lowest BCUT2D eigenvalue weighted by atomic mass is 9.93. The predicted molar refractivity (Wildman–Crippen MR) is 255 cm³/mol. The minimum atomic E-state index is 1.08. The zero-order chi connectivity index (χ0) is 39.8. The van der Waals surface area contributed by atoms with E-state index in [-0.39, 0.29) is 0 Å². The van der Waals surface area contributed by atoms with Crippen LogP contribution in [0, 0.1) is 0 Å². The van der Waals surface area contributed by atoms with E-state index in [1.807, 2.05) is 0 Å². The standard InChI is InChI=1S/C58H40N2/c1-4-18-41(19-5-1)48-27-12-13-28-50(48)44-34-37-47(38-35-44)60(57-33-17-32-56-58(57)52-29-14-15-31-54(52)59(56)46-24-8-3-9-25-46)55-39-36-45(40-53(55)43-20-6-2-7-21-43)51-30-16-23-42-22-10-11-26-49(42)51/h1-40H. The minimum absolute atomic E-state index is 1.08. The fourth-order valence-electron chi connectivity index (χ4n) is 9.07. The van der Waals surface area contributed by atoms with Crippen molar-refractivity contribution >= 4 is 49.6 Å². The number of rotatable bonds is 8. The van der Waals surface area contributed by atoms with Crippen LogP contribution in [0.25, 0.3) is 82.8 Å². The van der Waals surface area contributed by atoms with E-state index in [0.29, 0.717) is 0 Å². The Morgan fingerprint density at radius 2 is 0.817 bits per heavy atom. The van der Waals surface area contributed by atoms with Gasteiger partial charge in [-0.25, -0.2) is 0 Å². The first kappa shape index (κ1) is 35.2. The van der Waals surface area contributed by atoms with E-state index in [1.54, 1.807) is 0 Å². The summed E-state index contributed by atoms with van der Waals surface area (Å²) in [4.78, 5) is 2.48. The molecule has 0 aliphatic rings. The summed E-state index contributed by atoms with van der Waals surface area (Å²) in [6, 6.07) is 87.9. The molecule has 0 bridgehead atoms. The van der Waals surface area contributed by atoms with E-state index < -0.39 is 0 Å². The van der Waals surface area contributed by atoms with Crippen molar-refractivity contribution in [1.82, 2.24) is 4.57 Å². The van der Waals surface area contributed by atoms with E-state index >= 15 is 0 Å². The molecular formula is C58H40N2. The summed E-state index contributed by atoms with van der Waals surface area (Å²) >= 11 is 0. The monoisotopic (exact) mass is 764 g/mol. The summed E-state index contributed by atoms with van der Waals surface area (Å²) in [6.45, 7) is 0. The van der Waals surface area contributed by atoms with Crippen LogP contribution in [0.1, 0.15) is 0 Å². The van der Waals surface area contributed by atoms with Gasteiger partial charge in [0, 0.05) is 27.7 Å². The summed E-state index contributed by atoms with van der Waals surface area (Å²) in [5, 5.41) is 4.89. The van der Waals surface area contributed by atoms with E-state index in [0.717, 1.165) is 39.4 Å². The van der Waals surface area contributed by atoms with Crippen LogP contribution in [0.5, 0.6) is 0 Å². The third-order valence-corrected chi connectivity index (χ3v) is 11.8. The Bertz CT molecular complexity index is 3290. The van der Waals surface area contributed by atoms with Crippen LogP contribution in [0.15, 0.2) is 243 Å². The molecule has 1 aromatic heterocycles. The molecule has 1 heterocycles. The van der Waals surface area contributed by atoms with Crippen molar-refractivity contribution in [3.63, 3.8) is 0 Å². The SMILES string of the molecule is c1ccc(-c2ccccc2-c2ccc(N(c3ccc(-c4cccc5ccccc45)cc3-c3ccccc3)c3cccc4c3c3ccccc3n4-c3ccccc3)cc2)cc1. The summed E-state index contributed by atoms with van der Waals surface area (Å²) in [5.74, 6) is 0. The van der Waals surface area contributed by atoms with Crippen LogP contribution >= 0.6 is 0 Å². The van der Waals surface area contributed by atoms with Gasteiger partial charge in [-0.2, -0.15) is 0 Å². The van der Waals surface area contributed by atoms with Crippen LogP contribution in [0.3, 0.4) is 0 Å². The second-order valence-electron chi connectivity index (χ2n) is 15.3. The van der Waals surface area contributed by atoms with Crippen molar-refractivity contribution in [2.75, 3.05) is 4.90 Å². The lowest BCUT2D eigenvalue weighted by Gasteiger charge is -2.29.